The first-order chi connectivity index (χ1) is 11.7. The van der Waals surface area contributed by atoms with Gasteiger partial charge in [0.05, 0.1) is 12.8 Å². The number of oxime groups is 1. The molecule has 24 heavy (non-hydrogen) atoms. The molecular weight excluding hydrogens is 306 g/mol. The molecule has 1 atom stereocenters. The first-order valence-electron chi connectivity index (χ1n) is 8.55. The van der Waals surface area contributed by atoms with Crippen LogP contribution in [0.3, 0.4) is 0 Å². The smallest absolute Gasteiger partial charge is 0.264 e. The number of methoxy groups -OCH3 is 1. The van der Waals surface area contributed by atoms with Gasteiger partial charge in [0.2, 0.25) is 6.10 Å². The molecule has 0 radical (unpaired) electrons. The van der Waals surface area contributed by atoms with Gasteiger partial charge >= 0.3 is 0 Å². The van der Waals surface area contributed by atoms with Gasteiger partial charge in [-0.15, -0.1) is 0 Å². The molecule has 6 heteroatoms. The average molecular weight is 333 g/mol. The van der Waals surface area contributed by atoms with E-state index >= 15 is 0 Å². The SMILES string of the molecule is CCN(CC)CCCNC(=O)[C@H]1CC(c2ccccc2OC)=NO1. The molecule has 0 saturated heterocycles. The third kappa shape index (κ3) is 4.71. The normalized spacial score (nSPS) is 16.7. The van der Waals surface area contributed by atoms with Crippen LogP contribution in [0.5, 0.6) is 5.75 Å². The van der Waals surface area contributed by atoms with E-state index in [4.69, 9.17) is 9.57 Å². The van der Waals surface area contributed by atoms with Crippen LogP contribution in [-0.2, 0) is 9.63 Å². The van der Waals surface area contributed by atoms with Crippen molar-refractivity contribution in [2.45, 2.75) is 32.8 Å². The van der Waals surface area contributed by atoms with Crippen molar-refractivity contribution in [2.75, 3.05) is 33.3 Å². The van der Waals surface area contributed by atoms with Crippen molar-refractivity contribution in [1.29, 1.82) is 0 Å². The minimum atomic E-state index is -0.557. The van der Waals surface area contributed by atoms with Crippen LogP contribution in [0.1, 0.15) is 32.3 Å². The maximum Gasteiger partial charge on any atom is 0.264 e. The predicted octanol–water partition coefficient (Wildman–Crippen LogP) is 2.04. The van der Waals surface area contributed by atoms with Crippen molar-refractivity contribution in [3.63, 3.8) is 0 Å². The Morgan fingerprint density at radius 3 is 2.83 bits per heavy atom. The lowest BCUT2D eigenvalue weighted by Gasteiger charge is -2.18. The van der Waals surface area contributed by atoms with E-state index in [-0.39, 0.29) is 5.91 Å². The molecule has 1 N–H and O–H groups in total. The molecule has 1 amide bonds. The van der Waals surface area contributed by atoms with Gasteiger partial charge in [-0.2, -0.15) is 0 Å². The first-order valence-corrected chi connectivity index (χ1v) is 8.55. The topological polar surface area (TPSA) is 63.2 Å². The summed E-state index contributed by atoms with van der Waals surface area (Å²) in [6.07, 6.45) is 0.834. The molecule has 1 heterocycles. The molecule has 0 unspecified atom stereocenters. The van der Waals surface area contributed by atoms with Gasteiger partial charge in [0.15, 0.2) is 0 Å². The largest absolute Gasteiger partial charge is 0.496 e. The summed E-state index contributed by atoms with van der Waals surface area (Å²) in [5.74, 6) is 0.628. The second-order valence-corrected chi connectivity index (χ2v) is 5.71. The van der Waals surface area contributed by atoms with Crippen molar-refractivity contribution in [2.24, 2.45) is 5.16 Å². The molecule has 1 aromatic rings. The van der Waals surface area contributed by atoms with E-state index in [0.717, 1.165) is 43.1 Å². The Labute approximate surface area is 143 Å². The highest BCUT2D eigenvalue weighted by Gasteiger charge is 2.29. The van der Waals surface area contributed by atoms with Crippen LogP contribution < -0.4 is 10.1 Å². The van der Waals surface area contributed by atoms with Gasteiger partial charge in [-0.1, -0.05) is 31.1 Å². The van der Waals surface area contributed by atoms with Gasteiger partial charge in [0, 0.05) is 18.5 Å². The number of rotatable bonds is 9. The molecule has 1 aromatic carbocycles. The lowest BCUT2D eigenvalue weighted by Crippen LogP contribution is -2.36. The molecule has 6 nitrogen and oxygen atoms in total. The maximum atomic E-state index is 12.2. The molecule has 0 aliphatic carbocycles. The fraction of sp³-hybridized carbons (Fsp3) is 0.556. The third-order valence-electron chi connectivity index (χ3n) is 4.22. The molecule has 0 saturated carbocycles. The van der Waals surface area contributed by atoms with Crippen LogP contribution in [0.4, 0.5) is 0 Å². The second kappa shape index (κ2) is 9.27. The molecular formula is C18H27N3O3. The summed E-state index contributed by atoms with van der Waals surface area (Å²) < 4.78 is 5.33. The minimum Gasteiger partial charge on any atom is -0.496 e. The second-order valence-electron chi connectivity index (χ2n) is 5.71. The van der Waals surface area contributed by atoms with Crippen LogP contribution in [0.25, 0.3) is 0 Å². The monoisotopic (exact) mass is 333 g/mol. The summed E-state index contributed by atoms with van der Waals surface area (Å²) in [6, 6.07) is 7.61. The zero-order chi connectivity index (χ0) is 17.4. The van der Waals surface area contributed by atoms with E-state index < -0.39 is 6.10 Å². The highest BCUT2D eigenvalue weighted by molar-refractivity contribution is 6.05. The Morgan fingerprint density at radius 2 is 2.12 bits per heavy atom. The molecule has 0 fully saturated rings. The summed E-state index contributed by atoms with van der Waals surface area (Å²) in [5, 5.41) is 7.00. The summed E-state index contributed by atoms with van der Waals surface area (Å²) in [4.78, 5) is 19.9. The molecule has 1 aliphatic heterocycles. The van der Waals surface area contributed by atoms with Crippen LogP contribution in [0, 0.1) is 0 Å². The number of nitrogens with zero attached hydrogens (tertiary/aromatic N) is 2. The number of amides is 1. The predicted molar refractivity (Wildman–Crippen MR) is 94.4 cm³/mol. The Bertz CT molecular complexity index is 570. The molecule has 1 aliphatic rings. The van der Waals surface area contributed by atoms with Gasteiger partial charge < -0.3 is 19.8 Å². The number of nitrogens with one attached hydrogen (secondary N) is 1. The van der Waals surface area contributed by atoms with E-state index in [1.807, 2.05) is 24.3 Å². The highest BCUT2D eigenvalue weighted by Crippen LogP contribution is 2.24. The zero-order valence-electron chi connectivity index (χ0n) is 14.7. The number of hydrogen-bond acceptors (Lipinski definition) is 5. The fourth-order valence-corrected chi connectivity index (χ4v) is 2.73. The molecule has 2 rings (SSSR count). The van der Waals surface area contributed by atoms with E-state index in [1.54, 1.807) is 7.11 Å². The lowest BCUT2D eigenvalue weighted by atomic mass is 10.0. The molecule has 0 bridgehead atoms. The Morgan fingerprint density at radius 1 is 1.38 bits per heavy atom. The zero-order valence-corrected chi connectivity index (χ0v) is 14.7. The van der Waals surface area contributed by atoms with Gasteiger partial charge in [0.25, 0.3) is 5.91 Å². The minimum absolute atomic E-state index is 0.108. The number of hydrogen-bond donors (Lipinski definition) is 1. The Kier molecular flexibility index (Phi) is 7.06. The van der Waals surface area contributed by atoms with Gasteiger partial charge in [-0.05, 0) is 38.2 Å². The summed E-state index contributed by atoms with van der Waals surface area (Å²) in [5.41, 5.74) is 1.62. The standard InChI is InChI=1S/C18H27N3O3/c1-4-21(5-2)12-8-11-19-18(22)17-13-15(20-24-17)14-9-6-7-10-16(14)23-3/h6-7,9-10,17H,4-5,8,11-13H2,1-3H3,(H,19,22)/t17-/m1/s1. The van der Waals surface area contributed by atoms with Crippen molar-refractivity contribution < 1.29 is 14.4 Å². The van der Waals surface area contributed by atoms with Gasteiger partial charge in [0.1, 0.15) is 5.75 Å². The van der Waals surface area contributed by atoms with Crippen LogP contribution >= 0.6 is 0 Å². The van der Waals surface area contributed by atoms with E-state index in [9.17, 15) is 4.79 Å². The fourth-order valence-electron chi connectivity index (χ4n) is 2.73. The first kappa shape index (κ1) is 18.3. The summed E-state index contributed by atoms with van der Waals surface area (Å²) in [6.45, 7) is 8.00. The van der Waals surface area contributed by atoms with Crippen molar-refractivity contribution in [3.8, 4) is 5.75 Å². The van der Waals surface area contributed by atoms with Crippen molar-refractivity contribution in [3.05, 3.63) is 29.8 Å². The number of carbonyl (C=O) groups excluding carboxylic acids is 1. The quantitative estimate of drug-likeness (QED) is 0.703. The van der Waals surface area contributed by atoms with Crippen molar-refractivity contribution >= 4 is 11.6 Å². The Balaban J connectivity index is 1.79. The number of ether oxygens (including phenoxy) is 1. The summed E-state index contributed by atoms with van der Waals surface area (Å²) >= 11 is 0. The number of para-hydroxylation sites is 1. The highest BCUT2D eigenvalue weighted by atomic mass is 16.6. The lowest BCUT2D eigenvalue weighted by molar-refractivity contribution is -0.131. The Hall–Kier alpha value is -2.08. The molecule has 0 aromatic heterocycles. The van der Waals surface area contributed by atoms with E-state index in [1.165, 1.54) is 0 Å². The molecule has 132 valence electrons. The van der Waals surface area contributed by atoms with E-state index in [2.05, 4.69) is 29.2 Å². The van der Waals surface area contributed by atoms with Crippen molar-refractivity contribution in [1.82, 2.24) is 10.2 Å². The van der Waals surface area contributed by atoms with Crippen LogP contribution in [0.15, 0.2) is 29.4 Å². The molecule has 0 spiro atoms. The van der Waals surface area contributed by atoms with E-state index in [0.29, 0.717) is 13.0 Å². The average Bonchev–Trinajstić information content (AvgIpc) is 3.11. The maximum absolute atomic E-state index is 12.2. The third-order valence-corrected chi connectivity index (χ3v) is 4.22. The van der Waals surface area contributed by atoms with Gasteiger partial charge in [-0.25, -0.2) is 0 Å². The number of carbonyl (C=O) groups is 1. The van der Waals surface area contributed by atoms with Gasteiger partial charge in [-0.3, -0.25) is 4.79 Å². The van der Waals surface area contributed by atoms with Crippen LogP contribution in [-0.4, -0.2) is 55.9 Å². The number of benzene rings is 1. The summed E-state index contributed by atoms with van der Waals surface area (Å²) in [7, 11) is 1.62. The van der Waals surface area contributed by atoms with Crippen LogP contribution in [0.2, 0.25) is 0 Å².